The first kappa shape index (κ1) is 17.5. The van der Waals surface area contributed by atoms with E-state index in [-0.39, 0.29) is 11.6 Å². The van der Waals surface area contributed by atoms with Crippen molar-refractivity contribution in [2.75, 3.05) is 18.5 Å². The summed E-state index contributed by atoms with van der Waals surface area (Å²) in [6.45, 7) is 2.91. The Morgan fingerprint density at radius 3 is 2.64 bits per heavy atom. The Balaban J connectivity index is 1.66. The molecule has 0 spiro atoms. The van der Waals surface area contributed by atoms with Crippen LogP contribution < -0.4 is 14.8 Å². The van der Waals surface area contributed by atoms with E-state index in [1.165, 1.54) is 17.8 Å². The molecule has 1 aliphatic rings. The number of ether oxygens (including phenoxy) is 2. The van der Waals surface area contributed by atoms with Gasteiger partial charge in [-0.15, -0.1) is 11.8 Å². The molecule has 1 aliphatic heterocycles. The standard InChI is InChI=1S/C18H17F2NO3S/c1-11(18(22)21-15-5-3-12(19)9-14(15)20)25-13-4-6-16-17(10-13)24-8-2-7-23-16/h3-6,9-11H,2,7-8H2,1H3,(H,21,22). The summed E-state index contributed by atoms with van der Waals surface area (Å²) in [4.78, 5) is 13.1. The molecule has 2 aromatic rings. The highest BCUT2D eigenvalue weighted by atomic mass is 32.2. The first-order valence-corrected chi connectivity index (χ1v) is 8.73. The van der Waals surface area contributed by atoms with Gasteiger partial charge in [0.2, 0.25) is 5.91 Å². The van der Waals surface area contributed by atoms with Crippen molar-refractivity contribution in [1.29, 1.82) is 0 Å². The lowest BCUT2D eigenvalue weighted by Gasteiger charge is -2.14. The first-order chi connectivity index (χ1) is 12.0. The van der Waals surface area contributed by atoms with Crippen LogP contribution in [-0.2, 0) is 4.79 Å². The second kappa shape index (κ2) is 7.74. The summed E-state index contributed by atoms with van der Waals surface area (Å²) >= 11 is 1.32. The topological polar surface area (TPSA) is 47.6 Å². The zero-order chi connectivity index (χ0) is 17.8. The van der Waals surface area contributed by atoms with Gasteiger partial charge in [0.05, 0.1) is 24.2 Å². The van der Waals surface area contributed by atoms with E-state index >= 15 is 0 Å². The molecule has 1 heterocycles. The number of halogens is 2. The molecule has 0 saturated heterocycles. The number of fused-ring (bicyclic) bond motifs is 1. The Morgan fingerprint density at radius 2 is 1.88 bits per heavy atom. The molecule has 0 radical (unpaired) electrons. The summed E-state index contributed by atoms with van der Waals surface area (Å²) in [6.07, 6.45) is 0.819. The molecule has 1 unspecified atom stereocenters. The van der Waals surface area contributed by atoms with Gasteiger partial charge >= 0.3 is 0 Å². The van der Waals surface area contributed by atoms with E-state index in [9.17, 15) is 13.6 Å². The van der Waals surface area contributed by atoms with Gasteiger partial charge < -0.3 is 14.8 Å². The van der Waals surface area contributed by atoms with Gasteiger partial charge in [-0.25, -0.2) is 8.78 Å². The highest BCUT2D eigenvalue weighted by Crippen LogP contribution is 2.35. The molecule has 4 nitrogen and oxygen atoms in total. The van der Waals surface area contributed by atoms with E-state index in [0.29, 0.717) is 24.7 Å². The van der Waals surface area contributed by atoms with Crippen LogP contribution in [0.1, 0.15) is 13.3 Å². The van der Waals surface area contributed by atoms with Crippen molar-refractivity contribution >= 4 is 23.4 Å². The number of hydrogen-bond donors (Lipinski definition) is 1. The molecule has 0 aromatic heterocycles. The lowest BCUT2D eigenvalue weighted by molar-refractivity contribution is -0.115. The summed E-state index contributed by atoms with van der Waals surface area (Å²) in [6, 6.07) is 8.52. The molecule has 7 heteroatoms. The second-order valence-corrected chi connectivity index (χ2v) is 6.95. The molecular weight excluding hydrogens is 348 g/mol. The van der Waals surface area contributed by atoms with Crippen molar-refractivity contribution in [2.24, 2.45) is 0 Å². The van der Waals surface area contributed by atoms with Crippen LogP contribution >= 0.6 is 11.8 Å². The van der Waals surface area contributed by atoms with Gasteiger partial charge in [-0.3, -0.25) is 4.79 Å². The Morgan fingerprint density at radius 1 is 1.12 bits per heavy atom. The average Bonchev–Trinajstić information content (AvgIpc) is 2.82. The predicted molar refractivity (Wildman–Crippen MR) is 92.4 cm³/mol. The molecular formula is C18H17F2NO3S. The fraction of sp³-hybridized carbons (Fsp3) is 0.278. The monoisotopic (exact) mass is 365 g/mol. The summed E-state index contributed by atoms with van der Waals surface area (Å²) in [5.74, 6) is -0.527. The number of carbonyl (C=O) groups is 1. The summed E-state index contributed by atoms with van der Waals surface area (Å²) in [5, 5.41) is 1.99. The summed E-state index contributed by atoms with van der Waals surface area (Å²) < 4.78 is 37.8. The highest BCUT2D eigenvalue weighted by Gasteiger charge is 2.18. The maximum atomic E-state index is 13.6. The Labute approximate surface area is 148 Å². The van der Waals surface area contributed by atoms with Crippen LogP contribution in [0.4, 0.5) is 14.5 Å². The summed E-state index contributed by atoms with van der Waals surface area (Å²) in [5.41, 5.74) is -0.0440. The number of rotatable bonds is 4. The van der Waals surface area contributed by atoms with Crippen LogP contribution in [0, 0.1) is 11.6 Å². The van der Waals surface area contributed by atoms with Crippen molar-refractivity contribution in [3.05, 3.63) is 48.0 Å². The number of thioether (sulfide) groups is 1. The molecule has 0 aliphatic carbocycles. The van der Waals surface area contributed by atoms with Crippen LogP contribution in [0.2, 0.25) is 0 Å². The maximum Gasteiger partial charge on any atom is 0.237 e. The van der Waals surface area contributed by atoms with Gasteiger partial charge in [0.25, 0.3) is 0 Å². The quantitative estimate of drug-likeness (QED) is 0.823. The normalized spacial score (nSPS) is 14.5. The highest BCUT2D eigenvalue weighted by molar-refractivity contribution is 8.00. The number of benzene rings is 2. The average molecular weight is 365 g/mol. The minimum Gasteiger partial charge on any atom is -0.490 e. The Hall–Kier alpha value is -2.28. The lowest BCUT2D eigenvalue weighted by atomic mass is 10.3. The zero-order valence-electron chi connectivity index (χ0n) is 13.6. The van der Waals surface area contributed by atoms with Crippen LogP contribution in [-0.4, -0.2) is 24.4 Å². The largest absolute Gasteiger partial charge is 0.490 e. The molecule has 1 amide bonds. The van der Waals surface area contributed by atoms with Gasteiger partial charge in [0, 0.05) is 17.4 Å². The molecule has 0 fully saturated rings. The van der Waals surface area contributed by atoms with Crippen LogP contribution in [0.5, 0.6) is 11.5 Å². The fourth-order valence-corrected chi connectivity index (χ4v) is 3.20. The van der Waals surface area contributed by atoms with Gasteiger partial charge in [-0.1, -0.05) is 0 Å². The molecule has 2 aromatic carbocycles. The molecule has 25 heavy (non-hydrogen) atoms. The third kappa shape index (κ3) is 4.42. The Bertz CT molecular complexity index is 785. The fourth-order valence-electron chi connectivity index (χ4n) is 2.30. The van der Waals surface area contributed by atoms with Crippen molar-refractivity contribution in [3.8, 4) is 11.5 Å². The van der Waals surface area contributed by atoms with E-state index < -0.39 is 16.9 Å². The van der Waals surface area contributed by atoms with Crippen LogP contribution in [0.25, 0.3) is 0 Å². The van der Waals surface area contributed by atoms with Crippen LogP contribution in [0.15, 0.2) is 41.3 Å². The number of amides is 1. The summed E-state index contributed by atoms with van der Waals surface area (Å²) in [7, 11) is 0. The SMILES string of the molecule is CC(Sc1ccc2c(c1)OCCCO2)C(=O)Nc1ccc(F)cc1F. The van der Waals surface area contributed by atoms with Crippen molar-refractivity contribution in [1.82, 2.24) is 0 Å². The minimum absolute atomic E-state index is 0.0440. The molecule has 1 atom stereocenters. The van der Waals surface area contributed by atoms with Crippen molar-refractivity contribution in [3.63, 3.8) is 0 Å². The van der Waals surface area contributed by atoms with E-state index in [1.807, 2.05) is 18.2 Å². The van der Waals surface area contributed by atoms with E-state index in [0.717, 1.165) is 23.4 Å². The molecule has 0 bridgehead atoms. The van der Waals surface area contributed by atoms with Gasteiger partial charge in [0.1, 0.15) is 11.6 Å². The van der Waals surface area contributed by atoms with Gasteiger partial charge in [0.15, 0.2) is 11.5 Å². The van der Waals surface area contributed by atoms with Crippen LogP contribution in [0.3, 0.4) is 0 Å². The van der Waals surface area contributed by atoms with Gasteiger partial charge in [-0.05, 0) is 37.3 Å². The number of hydrogen-bond acceptors (Lipinski definition) is 4. The predicted octanol–water partition coefficient (Wildman–Crippen LogP) is 4.25. The lowest BCUT2D eigenvalue weighted by Crippen LogP contribution is -2.23. The second-order valence-electron chi connectivity index (χ2n) is 5.53. The van der Waals surface area contributed by atoms with Crippen molar-refractivity contribution in [2.45, 2.75) is 23.5 Å². The van der Waals surface area contributed by atoms with Gasteiger partial charge in [-0.2, -0.15) is 0 Å². The van der Waals surface area contributed by atoms with Crippen molar-refractivity contribution < 1.29 is 23.0 Å². The molecule has 132 valence electrons. The number of nitrogens with one attached hydrogen (secondary N) is 1. The Kier molecular flexibility index (Phi) is 5.43. The number of anilines is 1. The van der Waals surface area contributed by atoms with E-state index in [4.69, 9.17) is 9.47 Å². The molecule has 1 N–H and O–H groups in total. The molecule has 0 saturated carbocycles. The third-order valence-electron chi connectivity index (χ3n) is 3.59. The smallest absolute Gasteiger partial charge is 0.237 e. The third-order valence-corrected chi connectivity index (χ3v) is 4.68. The van der Waals surface area contributed by atoms with E-state index in [2.05, 4.69) is 5.32 Å². The zero-order valence-corrected chi connectivity index (χ0v) is 14.4. The maximum absolute atomic E-state index is 13.6. The molecule has 3 rings (SSSR count). The number of carbonyl (C=O) groups excluding carboxylic acids is 1. The van der Waals surface area contributed by atoms with E-state index in [1.54, 1.807) is 6.92 Å². The minimum atomic E-state index is -0.805. The first-order valence-electron chi connectivity index (χ1n) is 7.85.